The van der Waals surface area contributed by atoms with E-state index in [4.69, 9.17) is 9.47 Å². The van der Waals surface area contributed by atoms with Gasteiger partial charge in [-0.25, -0.2) is 4.90 Å². The zero-order chi connectivity index (χ0) is 18.9. The van der Waals surface area contributed by atoms with E-state index in [9.17, 15) is 0 Å². The van der Waals surface area contributed by atoms with E-state index in [1.54, 1.807) is 0 Å². The Kier molecular flexibility index (Phi) is 5.36. The zero-order valence-electron chi connectivity index (χ0n) is 16.7. The van der Waals surface area contributed by atoms with E-state index in [1.165, 1.54) is 11.1 Å². The van der Waals surface area contributed by atoms with Crippen LogP contribution in [-0.2, 0) is 9.47 Å². The molecule has 3 nitrogen and oxygen atoms in total. The van der Waals surface area contributed by atoms with Crippen LogP contribution in [0.4, 0.5) is 0 Å². The summed E-state index contributed by atoms with van der Waals surface area (Å²) in [5.41, 5.74) is 2.76. The summed E-state index contributed by atoms with van der Waals surface area (Å²) < 4.78 is 12.6. The number of rotatable bonds is 6. The SMILES string of the molecule is CC(CC1OCC2(C)COC(CC(C)c3ccccc3)N12)c1ccccc1. The van der Waals surface area contributed by atoms with Crippen LogP contribution >= 0.6 is 0 Å². The Hall–Kier alpha value is -1.68. The van der Waals surface area contributed by atoms with Crippen molar-refractivity contribution in [1.29, 1.82) is 0 Å². The molecule has 0 saturated carbocycles. The Morgan fingerprint density at radius 3 is 1.63 bits per heavy atom. The Bertz CT molecular complexity index is 673. The largest absolute Gasteiger partial charge is 0.361 e. The molecule has 2 aliphatic rings. The molecule has 4 unspecified atom stereocenters. The summed E-state index contributed by atoms with van der Waals surface area (Å²) in [7, 11) is 0. The minimum absolute atomic E-state index is 0.00213. The highest BCUT2D eigenvalue weighted by molar-refractivity contribution is 5.20. The first-order valence-electron chi connectivity index (χ1n) is 10.2. The van der Waals surface area contributed by atoms with E-state index in [-0.39, 0.29) is 18.0 Å². The maximum absolute atomic E-state index is 6.28. The van der Waals surface area contributed by atoms with Crippen molar-refractivity contribution in [3.8, 4) is 0 Å². The second-order valence-electron chi connectivity index (χ2n) is 8.53. The normalized spacial score (nSPS) is 30.2. The van der Waals surface area contributed by atoms with Crippen molar-refractivity contribution < 1.29 is 9.47 Å². The van der Waals surface area contributed by atoms with Crippen LogP contribution < -0.4 is 0 Å². The molecule has 0 aromatic heterocycles. The van der Waals surface area contributed by atoms with Crippen LogP contribution in [0.2, 0.25) is 0 Å². The van der Waals surface area contributed by atoms with Gasteiger partial charge in [-0.2, -0.15) is 0 Å². The van der Waals surface area contributed by atoms with E-state index in [0.29, 0.717) is 11.8 Å². The van der Waals surface area contributed by atoms with Crippen LogP contribution in [0.3, 0.4) is 0 Å². The first-order chi connectivity index (χ1) is 13.1. The molecule has 2 heterocycles. The molecular formula is C24H31NO2. The Balaban J connectivity index is 1.46. The second-order valence-corrected chi connectivity index (χ2v) is 8.53. The molecule has 2 aromatic carbocycles. The quantitative estimate of drug-likeness (QED) is 0.707. The lowest BCUT2D eigenvalue weighted by Crippen LogP contribution is -2.47. The molecule has 0 radical (unpaired) electrons. The van der Waals surface area contributed by atoms with Crippen molar-refractivity contribution in [2.75, 3.05) is 13.2 Å². The number of nitrogens with zero attached hydrogens (tertiary/aromatic N) is 1. The van der Waals surface area contributed by atoms with Gasteiger partial charge in [0.1, 0.15) is 12.5 Å². The molecule has 0 aliphatic carbocycles. The summed E-state index contributed by atoms with van der Waals surface area (Å²) in [6, 6.07) is 21.5. The molecule has 0 amide bonds. The third kappa shape index (κ3) is 3.82. The molecule has 3 heteroatoms. The molecule has 27 heavy (non-hydrogen) atoms. The summed E-state index contributed by atoms with van der Waals surface area (Å²) in [5.74, 6) is 0.928. The van der Waals surface area contributed by atoms with Gasteiger partial charge in [0.25, 0.3) is 0 Å². The van der Waals surface area contributed by atoms with Crippen LogP contribution in [0.5, 0.6) is 0 Å². The predicted molar refractivity (Wildman–Crippen MR) is 109 cm³/mol. The fraction of sp³-hybridized carbons (Fsp3) is 0.500. The average molecular weight is 366 g/mol. The third-order valence-electron chi connectivity index (χ3n) is 6.26. The van der Waals surface area contributed by atoms with Gasteiger partial charge < -0.3 is 9.47 Å². The van der Waals surface area contributed by atoms with Crippen LogP contribution in [0.15, 0.2) is 60.7 Å². The van der Waals surface area contributed by atoms with Crippen molar-refractivity contribution in [2.45, 2.75) is 63.4 Å². The number of hydrogen-bond acceptors (Lipinski definition) is 3. The first kappa shape index (κ1) is 18.7. The van der Waals surface area contributed by atoms with Gasteiger partial charge in [0, 0.05) is 0 Å². The molecular weight excluding hydrogens is 334 g/mol. The van der Waals surface area contributed by atoms with Crippen molar-refractivity contribution in [2.24, 2.45) is 0 Å². The minimum atomic E-state index is 0.00213. The smallest absolute Gasteiger partial charge is 0.113 e. The monoisotopic (exact) mass is 365 g/mol. The summed E-state index contributed by atoms with van der Waals surface area (Å²) in [6.45, 7) is 8.40. The molecule has 4 atom stereocenters. The van der Waals surface area contributed by atoms with Crippen LogP contribution in [0.25, 0.3) is 0 Å². The summed E-state index contributed by atoms with van der Waals surface area (Å²) in [4.78, 5) is 2.52. The number of fused-ring (bicyclic) bond motifs is 1. The van der Waals surface area contributed by atoms with Crippen molar-refractivity contribution in [3.63, 3.8) is 0 Å². The van der Waals surface area contributed by atoms with Gasteiger partial charge in [-0.3, -0.25) is 0 Å². The van der Waals surface area contributed by atoms with E-state index < -0.39 is 0 Å². The maximum Gasteiger partial charge on any atom is 0.113 e. The molecule has 0 N–H and O–H groups in total. The Morgan fingerprint density at radius 2 is 1.22 bits per heavy atom. The second kappa shape index (κ2) is 7.75. The lowest BCUT2D eigenvalue weighted by molar-refractivity contribution is -0.0677. The minimum Gasteiger partial charge on any atom is -0.361 e. The van der Waals surface area contributed by atoms with Crippen molar-refractivity contribution in [1.82, 2.24) is 4.90 Å². The molecule has 0 spiro atoms. The average Bonchev–Trinajstić information content (AvgIpc) is 3.19. The van der Waals surface area contributed by atoms with E-state index in [0.717, 1.165) is 26.1 Å². The summed E-state index contributed by atoms with van der Waals surface area (Å²) in [5, 5.41) is 0. The Morgan fingerprint density at radius 1 is 0.815 bits per heavy atom. The lowest BCUT2D eigenvalue weighted by Gasteiger charge is -2.34. The maximum atomic E-state index is 6.28. The molecule has 4 rings (SSSR count). The van der Waals surface area contributed by atoms with Crippen molar-refractivity contribution in [3.05, 3.63) is 71.8 Å². The standard InChI is InChI=1S/C24H31NO2/c1-18(20-10-6-4-7-11-20)14-22-25-23(27-17-24(25,3)16-26-22)15-19(2)21-12-8-5-9-13-21/h4-13,18-19,22-23H,14-17H2,1-3H3. The lowest BCUT2D eigenvalue weighted by atomic mass is 9.94. The number of ether oxygens (including phenoxy) is 2. The van der Waals surface area contributed by atoms with Gasteiger partial charge in [0.05, 0.1) is 18.8 Å². The third-order valence-corrected chi connectivity index (χ3v) is 6.26. The van der Waals surface area contributed by atoms with Gasteiger partial charge in [-0.05, 0) is 42.7 Å². The first-order valence-corrected chi connectivity index (χ1v) is 10.2. The predicted octanol–water partition coefficient (Wildman–Crippen LogP) is 5.15. The zero-order valence-corrected chi connectivity index (χ0v) is 16.7. The molecule has 0 bridgehead atoms. The van der Waals surface area contributed by atoms with E-state index in [1.807, 2.05) is 0 Å². The molecule has 2 saturated heterocycles. The van der Waals surface area contributed by atoms with Gasteiger partial charge in [0.15, 0.2) is 0 Å². The topological polar surface area (TPSA) is 21.7 Å². The highest BCUT2D eigenvalue weighted by atomic mass is 16.6. The van der Waals surface area contributed by atoms with Gasteiger partial charge in [-0.1, -0.05) is 74.5 Å². The summed E-state index contributed by atoms with van der Waals surface area (Å²) in [6.07, 6.45) is 2.25. The van der Waals surface area contributed by atoms with Gasteiger partial charge >= 0.3 is 0 Å². The van der Waals surface area contributed by atoms with Crippen molar-refractivity contribution >= 4 is 0 Å². The summed E-state index contributed by atoms with van der Waals surface area (Å²) >= 11 is 0. The Labute approximate surface area is 163 Å². The van der Waals surface area contributed by atoms with Gasteiger partial charge in [-0.15, -0.1) is 0 Å². The number of hydrogen-bond donors (Lipinski definition) is 0. The fourth-order valence-electron chi connectivity index (χ4n) is 4.59. The highest BCUT2D eigenvalue weighted by Gasteiger charge is 2.53. The van der Waals surface area contributed by atoms with E-state index >= 15 is 0 Å². The van der Waals surface area contributed by atoms with Crippen LogP contribution in [-0.4, -0.2) is 36.1 Å². The fourth-order valence-corrected chi connectivity index (χ4v) is 4.59. The molecule has 2 fully saturated rings. The van der Waals surface area contributed by atoms with E-state index in [2.05, 4.69) is 86.3 Å². The highest BCUT2D eigenvalue weighted by Crippen LogP contribution is 2.42. The molecule has 2 aromatic rings. The van der Waals surface area contributed by atoms with Crippen LogP contribution in [0.1, 0.15) is 56.6 Å². The number of benzene rings is 2. The molecule has 2 aliphatic heterocycles. The van der Waals surface area contributed by atoms with Gasteiger partial charge in [0.2, 0.25) is 0 Å². The molecule has 144 valence electrons. The van der Waals surface area contributed by atoms with Crippen LogP contribution in [0, 0.1) is 0 Å².